The van der Waals surface area contributed by atoms with Crippen LogP contribution in [0, 0.1) is 10.7 Å². The number of halogens is 1. The molecule has 0 amide bonds. The summed E-state index contributed by atoms with van der Waals surface area (Å²) >= 11 is -1.79. The molecule has 0 spiro atoms. The van der Waals surface area contributed by atoms with E-state index in [1.807, 2.05) is 0 Å². The Bertz CT molecular complexity index is 2250. The standard InChI is InChI=1S/C39H29IN2/c1-25(2)41-38-23-26(40-34-15-7-3-11-28(34)29-12-4-8-16-35(29)40)19-21-32(38)33-22-20-27(24-39(33)41)42-36-17-9-5-13-30(36)31-14-6-10-18-37(31)42/h3-25H,1-2H3. The second-order valence-corrected chi connectivity index (χ2v) is 16.6. The van der Waals surface area contributed by atoms with Crippen LogP contribution in [0.15, 0.2) is 133 Å². The Labute approximate surface area is 252 Å². The van der Waals surface area contributed by atoms with Crippen molar-refractivity contribution in [1.29, 1.82) is 0 Å². The van der Waals surface area contributed by atoms with Crippen LogP contribution in [-0.2, 0) is 0 Å². The molecule has 0 saturated carbocycles. The van der Waals surface area contributed by atoms with Crippen molar-refractivity contribution in [2.75, 3.05) is 0 Å². The molecule has 6 aromatic carbocycles. The van der Waals surface area contributed by atoms with Crippen molar-refractivity contribution in [3.8, 4) is 16.8 Å². The van der Waals surface area contributed by atoms with E-state index >= 15 is 0 Å². The first-order chi connectivity index (χ1) is 20.7. The van der Waals surface area contributed by atoms with E-state index in [1.54, 1.807) is 7.14 Å². The summed E-state index contributed by atoms with van der Waals surface area (Å²) in [5.74, 6) is 0. The van der Waals surface area contributed by atoms with E-state index in [-0.39, 0.29) is 0 Å². The van der Waals surface area contributed by atoms with Gasteiger partial charge in [-0.25, -0.2) is 0 Å². The zero-order valence-corrected chi connectivity index (χ0v) is 25.7. The van der Waals surface area contributed by atoms with Gasteiger partial charge in [-0.3, -0.25) is 0 Å². The van der Waals surface area contributed by atoms with Gasteiger partial charge in [0.05, 0.1) is 0 Å². The average Bonchev–Trinajstić information content (AvgIpc) is 3.66. The van der Waals surface area contributed by atoms with Crippen molar-refractivity contribution in [1.82, 2.24) is 9.13 Å². The fourth-order valence-corrected chi connectivity index (χ4v) is 13.4. The molecule has 0 fully saturated rings. The Morgan fingerprint density at radius 2 is 0.976 bits per heavy atom. The Morgan fingerprint density at radius 1 is 0.476 bits per heavy atom. The van der Waals surface area contributed by atoms with Gasteiger partial charge < -0.3 is 0 Å². The van der Waals surface area contributed by atoms with Crippen LogP contribution in [0.4, 0.5) is 0 Å². The molecule has 0 N–H and O–H groups in total. The molecule has 2 nitrogen and oxygen atoms in total. The van der Waals surface area contributed by atoms with Gasteiger partial charge in [-0.15, -0.1) is 0 Å². The molecule has 0 saturated heterocycles. The summed E-state index contributed by atoms with van der Waals surface area (Å²) < 4.78 is 9.62. The quantitative estimate of drug-likeness (QED) is 0.168. The monoisotopic (exact) mass is 652 g/mol. The predicted molar refractivity (Wildman–Crippen MR) is 186 cm³/mol. The van der Waals surface area contributed by atoms with Crippen LogP contribution in [0.5, 0.6) is 0 Å². The van der Waals surface area contributed by atoms with Crippen LogP contribution in [0.2, 0.25) is 0 Å². The predicted octanol–water partition coefficient (Wildman–Crippen LogP) is 10.9. The Balaban J connectivity index is 1.29. The molecule has 8 aromatic rings. The van der Waals surface area contributed by atoms with Gasteiger partial charge >= 0.3 is 253 Å². The van der Waals surface area contributed by atoms with E-state index in [0.29, 0.717) is 6.04 Å². The number of nitrogens with zero attached hydrogens (tertiary/aromatic N) is 2. The van der Waals surface area contributed by atoms with Gasteiger partial charge in [0.15, 0.2) is 0 Å². The molecule has 1 aliphatic rings. The molecule has 202 valence electrons. The first kappa shape index (κ1) is 24.3. The van der Waals surface area contributed by atoms with Crippen LogP contribution in [0.3, 0.4) is 0 Å². The number of hydrogen-bond donors (Lipinski definition) is 0. The van der Waals surface area contributed by atoms with Crippen molar-refractivity contribution in [3.05, 3.63) is 144 Å². The van der Waals surface area contributed by atoms with Crippen LogP contribution < -0.4 is 0 Å². The maximum atomic E-state index is 2.57. The van der Waals surface area contributed by atoms with E-state index in [0.717, 1.165) is 0 Å². The number of para-hydroxylation sites is 2. The zero-order chi connectivity index (χ0) is 27.9. The van der Waals surface area contributed by atoms with Crippen molar-refractivity contribution < 1.29 is 0 Å². The molecule has 0 aliphatic carbocycles. The molecule has 3 heteroatoms. The zero-order valence-electron chi connectivity index (χ0n) is 23.6. The summed E-state index contributed by atoms with van der Waals surface area (Å²) in [6.45, 7) is 4.63. The van der Waals surface area contributed by atoms with E-state index < -0.39 is 19.8 Å². The number of fused-ring (bicyclic) bond motifs is 9. The van der Waals surface area contributed by atoms with Crippen molar-refractivity contribution >= 4 is 63.4 Å². The average molecular weight is 653 g/mol. The summed E-state index contributed by atoms with van der Waals surface area (Å²) in [5, 5.41) is 5.26. The third-order valence-electron chi connectivity index (χ3n) is 8.77. The van der Waals surface area contributed by atoms with Crippen LogP contribution in [0.25, 0.3) is 60.4 Å². The van der Waals surface area contributed by atoms with Crippen LogP contribution >= 0.6 is 19.8 Å². The molecule has 0 atom stereocenters. The topological polar surface area (TPSA) is 9.86 Å². The summed E-state index contributed by atoms with van der Waals surface area (Å²) in [6.07, 6.45) is 0. The number of rotatable bonds is 3. The number of aromatic nitrogens is 2. The minimum absolute atomic E-state index is 0.334. The summed E-state index contributed by atoms with van der Waals surface area (Å²) in [7, 11) is 0. The third-order valence-corrected chi connectivity index (χ3v) is 14.9. The molecule has 3 heterocycles. The summed E-state index contributed by atoms with van der Waals surface area (Å²) in [4.78, 5) is 0. The molecular formula is C39H29IN2. The number of hydrogen-bond acceptors (Lipinski definition) is 0. The Morgan fingerprint density at radius 3 is 1.60 bits per heavy atom. The van der Waals surface area contributed by atoms with Gasteiger partial charge in [0.25, 0.3) is 0 Å². The maximum absolute atomic E-state index is 2.57. The van der Waals surface area contributed by atoms with Crippen LogP contribution in [0.1, 0.15) is 19.9 Å². The number of benzene rings is 6. The van der Waals surface area contributed by atoms with Crippen molar-refractivity contribution in [2.45, 2.75) is 19.9 Å². The molecule has 9 rings (SSSR count). The third kappa shape index (κ3) is 3.31. The normalized spacial score (nSPS) is 13.5. The van der Waals surface area contributed by atoms with E-state index in [1.165, 1.54) is 64.0 Å². The van der Waals surface area contributed by atoms with Gasteiger partial charge in [0, 0.05) is 0 Å². The molecular weight excluding hydrogens is 623 g/mol. The summed E-state index contributed by atoms with van der Waals surface area (Å²) in [5.41, 5.74) is 9.20. The van der Waals surface area contributed by atoms with Gasteiger partial charge in [-0.05, 0) is 0 Å². The summed E-state index contributed by atoms with van der Waals surface area (Å²) in [6, 6.07) is 50.4. The second kappa shape index (κ2) is 9.07. The molecule has 0 unspecified atom stereocenters. The van der Waals surface area contributed by atoms with Crippen LogP contribution in [-0.4, -0.2) is 9.13 Å². The molecule has 42 heavy (non-hydrogen) atoms. The van der Waals surface area contributed by atoms with Gasteiger partial charge in [0.2, 0.25) is 0 Å². The van der Waals surface area contributed by atoms with Gasteiger partial charge in [0.1, 0.15) is 0 Å². The fraction of sp³-hybridized carbons (Fsp3) is 0.0769. The van der Waals surface area contributed by atoms with Gasteiger partial charge in [-0.1, -0.05) is 0 Å². The van der Waals surface area contributed by atoms with E-state index in [2.05, 4.69) is 156 Å². The second-order valence-electron chi connectivity index (χ2n) is 11.4. The Hall–Kier alpha value is -4.35. The fourth-order valence-electron chi connectivity index (χ4n) is 7.06. The van der Waals surface area contributed by atoms with E-state index in [9.17, 15) is 0 Å². The first-order valence-corrected chi connectivity index (χ1v) is 17.9. The molecule has 1 aliphatic heterocycles. The SMILES string of the molecule is CC(C)n1c2cc(-n3c4ccccc4c4ccccc43)ccc2c2ccc(I3c4ccccc4-c4ccccc43)cc21. The van der Waals surface area contributed by atoms with Crippen molar-refractivity contribution in [2.24, 2.45) is 0 Å². The van der Waals surface area contributed by atoms with Gasteiger partial charge in [-0.2, -0.15) is 0 Å². The Kier molecular flexibility index (Phi) is 5.24. The first-order valence-electron chi connectivity index (χ1n) is 14.6. The minimum atomic E-state index is -1.79. The molecule has 2 aromatic heterocycles. The van der Waals surface area contributed by atoms with Crippen molar-refractivity contribution in [3.63, 3.8) is 0 Å². The van der Waals surface area contributed by atoms with E-state index in [4.69, 9.17) is 0 Å². The molecule has 0 bridgehead atoms. The molecule has 0 radical (unpaired) electrons.